The fraction of sp³-hybridized carbons (Fsp3) is 0.400. The van der Waals surface area contributed by atoms with E-state index in [1.54, 1.807) is 6.92 Å². The van der Waals surface area contributed by atoms with Gasteiger partial charge in [0.05, 0.1) is 29.3 Å². The van der Waals surface area contributed by atoms with Crippen molar-refractivity contribution in [1.82, 2.24) is 4.98 Å². The topological polar surface area (TPSA) is 39.2 Å². The molecule has 0 aliphatic rings. The molecular formula is C10H9BrClF2NO2. The van der Waals surface area contributed by atoms with E-state index in [-0.39, 0.29) is 33.9 Å². The fourth-order valence-electron chi connectivity index (χ4n) is 1.14. The highest BCUT2D eigenvalue weighted by Gasteiger charge is 2.18. The number of hydrogen-bond donors (Lipinski definition) is 0. The van der Waals surface area contributed by atoms with Crippen molar-refractivity contribution in [2.45, 2.75) is 19.8 Å². The molecule has 0 radical (unpaired) electrons. The van der Waals surface area contributed by atoms with Gasteiger partial charge in [-0.2, -0.15) is 0 Å². The second-order valence-corrected chi connectivity index (χ2v) is 4.24. The van der Waals surface area contributed by atoms with E-state index in [2.05, 4.69) is 20.9 Å². The van der Waals surface area contributed by atoms with E-state index in [9.17, 15) is 13.6 Å². The Kier molecular flexibility index (Phi) is 5.27. The molecule has 3 nitrogen and oxygen atoms in total. The molecule has 1 aromatic rings. The molecule has 1 rings (SSSR count). The van der Waals surface area contributed by atoms with Gasteiger partial charge in [0.15, 0.2) is 0 Å². The molecular weight excluding hydrogens is 319 g/mol. The molecule has 0 N–H and O–H groups in total. The molecule has 0 saturated carbocycles. The fourth-order valence-corrected chi connectivity index (χ4v) is 1.87. The summed E-state index contributed by atoms with van der Waals surface area (Å²) in [4.78, 5) is 15.0. The quantitative estimate of drug-likeness (QED) is 0.627. The van der Waals surface area contributed by atoms with Crippen LogP contribution in [-0.2, 0) is 16.0 Å². The molecule has 94 valence electrons. The summed E-state index contributed by atoms with van der Waals surface area (Å²) in [6, 6.07) is 1.10. The maximum Gasteiger partial charge on any atom is 0.311 e. The molecule has 7 heteroatoms. The van der Waals surface area contributed by atoms with Gasteiger partial charge in [-0.25, -0.2) is 13.8 Å². The lowest BCUT2D eigenvalue weighted by Gasteiger charge is -2.08. The molecule has 0 amide bonds. The van der Waals surface area contributed by atoms with Crippen LogP contribution >= 0.6 is 27.5 Å². The Morgan fingerprint density at radius 3 is 2.82 bits per heavy atom. The lowest BCUT2D eigenvalue weighted by atomic mass is 10.2. The summed E-state index contributed by atoms with van der Waals surface area (Å²) < 4.78 is 29.7. The average Bonchev–Trinajstić information content (AvgIpc) is 2.22. The molecule has 1 aromatic heterocycles. The largest absolute Gasteiger partial charge is 0.466 e. The number of ether oxygens (including phenoxy) is 1. The molecule has 0 fully saturated rings. The number of carbonyl (C=O) groups excluding carboxylic acids is 1. The Hall–Kier alpha value is -0.750. The maximum absolute atomic E-state index is 12.5. The number of halogens is 4. The second-order valence-electron chi connectivity index (χ2n) is 3.08. The van der Waals surface area contributed by atoms with Crippen molar-refractivity contribution in [3.05, 3.63) is 26.9 Å². The van der Waals surface area contributed by atoms with Gasteiger partial charge >= 0.3 is 5.97 Å². The van der Waals surface area contributed by atoms with Crippen LogP contribution < -0.4 is 0 Å². The lowest BCUT2D eigenvalue weighted by Crippen LogP contribution is -2.10. The predicted molar refractivity (Wildman–Crippen MR) is 62.2 cm³/mol. The van der Waals surface area contributed by atoms with Crippen LogP contribution in [-0.4, -0.2) is 17.6 Å². The number of pyridine rings is 1. The Morgan fingerprint density at radius 1 is 1.65 bits per heavy atom. The van der Waals surface area contributed by atoms with Crippen molar-refractivity contribution in [3.8, 4) is 0 Å². The summed E-state index contributed by atoms with van der Waals surface area (Å²) in [6.07, 6.45) is -2.82. The van der Waals surface area contributed by atoms with Crippen LogP contribution in [0.5, 0.6) is 0 Å². The number of carbonyl (C=O) groups is 1. The van der Waals surface area contributed by atoms with Crippen molar-refractivity contribution in [1.29, 1.82) is 0 Å². The van der Waals surface area contributed by atoms with Gasteiger partial charge in [0.2, 0.25) is 0 Å². The van der Waals surface area contributed by atoms with E-state index in [4.69, 9.17) is 16.3 Å². The monoisotopic (exact) mass is 327 g/mol. The summed E-state index contributed by atoms with van der Waals surface area (Å²) in [5.74, 6) is -0.501. The van der Waals surface area contributed by atoms with E-state index in [0.29, 0.717) is 0 Å². The van der Waals surface area contributed by atoms with Crippen LogP contribution in [0.4, 0.5) is 8.78 Å². The molecule has 17 heavy (non-hydrogen) atoms. The van der Waals surface area contributed by atoms with Gasteiger partial charge in [-0.3, -0.25) is 4.79 Å². The molecule has 1 heterocycles. The van der Waals surface area contributed by atoms with Gasteiger partial charge in [-0.15, -0.1) is 0 Å². The molecule has 0 aliphatic carbocycles. The minimum atomic E-state index is -2.67. The molecule has 0 bridgehead atoms. The van der Waals surface area contributed by atoms with Crippen LogP contribution in [0.25, 0.3) is 0 Å². The highest BCUT2D eigenvalue weighted by Crippen LogP contribution is 2.30. The van der Waals surface area contributed by atoms with Gasteiger partial charge in [0.1, 0.15) is 4.60 Å². The first-order valence-electron chi connectivity index (χ1n) is 4.74. The van der Waals surface area contributed by atoms with Crippen molar-refractivity contribution < 1.29 is 18.3 Å². The predicted octanol–water partition coefficient (Wildman–Crippen LogP) is 3.54. The highest BCUT2D eigenvalue weighted by atomic mass is 79.9. The summed E-state index contributed by atoms with van der Waals surface area (Å²) >= 11 is 8.67. The second kappa shape index (κ2) is 6.26. The first kappa shape index (κ1) is 14.3. The Morgan fingerprint density at radius 2 is 2.29 bits per heavy atom. The lowest BCUT2D eigenvalue weighted by molar-refractivity contribution is -0.142. The summed E-state index contributed by atoms with van der Waals surface area (Å²) in [5.41, 5.74) is -0.0935. The van der Waals surface area contributed by atoms with Crippen molar-refractivity contribution in [2.75, 3.05) is 6.61 Å². The third-order valence-electron chi connectivity index (χ3n) is 1.88. The van der Waals surface area contributed by atoms with Crippen LogP contribution in [0, 0.1) is 0 Å². The Labute approximate surface area is 110 Å². The SMILES string of the molecule is CCOC(=O)Cc1nc(Br)c(C(F)F)cc1Cl. The van der Waals surface area contributed by atoms with Crippen molar-refractivity contribution in [3.63, 3.8) is 0 Å². The average molecular weight is 329 g/mol. The standard InChI is InChI=1S/C10H9BrClF2NO2/c1-2-17-8(16)4-7-6(12)3-5(10(13)14)9(11)15-7/h3,10H,2,4H2,1H3. The first-order valence-corrected chi connectivity index (χ1v) is 5.91. The molecule has 0 unspecified atom stereocenters. The van der Waals surface area contributed by atoms with Crippen LogP contribution in [0.3, 0.4) is 0 Å². The number of rotatable bonds is 4. The summed E-state index contributed by atoms with van der Waals surface area (Å²) in [6.45, 7) is 1.91. The van der Waals surface area contributed by atoms with Gasteiger partial charge in [-0.1, -0.05) is 11.6 Å². The molecule has 0 atom stereocenters. The summed E-state index contributed by atoms with van der Waals surface area (Å²) in [5, 5.41) is 0.0246. The normalized spacial score (nSPS) is 10.7. The van der Waals surface area contributed by atoms with E-state index in [1.165, 1.54) is 0 Å². The zero-order valence-electron chi connectivity index (χ0n) is 8.84. The minimum absolute atomic E-state index is 0.0174. The minimum Gasteiger partial charge on any atom is -0.466 e. The zero-order chi connectivity index (χ0) is 13.0. The van der Waals surface area contributed by atoms with Crippen LogP contribution in [0.15, 0.2) is 10.7 Å². The van der Waals surface area contributed by atoms with E-state index < -0.39 is 12.4 Å². The van der Waals surface area contributed by atoms with E-state index >= 15 is 0 Å². The number of nitrogens with zero attached hydrogens (tertiary/aromatic N) is 1. The molecule has 0 saturated heterocycles. The Bertz CT molecular complexity index is 429. The number of hydrogen-bond acceptors (Lipinski definition) is 3. The molecule has 0 spiro atoms. The van der Waals surface area contributed by atoms with Crippen molar-refractivity contribution in [2.24, 2.45) is 0 Å². The maximum atomic E-state index is 12.5. The zero-order valence-corrected chi connectivity index (χ0v) is 11.2. The van der Waals surface area contributed by atoms with E-state index in [1.807, 2.05) is 0 Å². The smallest absolute Gasteiger partial charge is 0.311 e. The number of esters is 1. The molecule has 0 aromatic carbocycles. The number of aromatic nitrogens is 1. The van der Waals surface area contributed by atoms with Gasteiger partial charge in [0, 0.05) is 0 Å². The van der Waals surface area contributed by atoms with E-state index in [0.717, 1.165) is 6.07 Å². The van der Waals surface area contributed by atoms with Crippen molar-refractivity contribution >= 4 is 33.5 Å². The number of alkyl halides is 2. The first-order chi connectivity index (χ1) is 7.95. The van der Waals surface area contributed by atoms with Crippen LogP contribution in [0.2, 0.25) is 5.02 Å². The van der Waals surface area contributed by atoms with Gasteiger partial charge in [0.25, 0.3) is 6.43 Å². The third kappa shape index (κ3) is 3.89. The van der Waals surface area contributed by atoms with Crippen LogP contribution in [0.1, 0.15) is 24.6 Å². The van der Waals surface area contributed by atoms with Gasteiger partial charge in [-0.05, 0) is 28.9 Å². The third-order valence-corrected chi connectivity index (χ3v) is 2.84. The summed E-state index contributed by atoms with van der Waals surface area (Å²) in [7, 11) is 0. The van der Waals surface area contributed by atoms with Gasteiger partial charge < -0.3 is 4.74 Å². The highest BCUT2D eigenvalue weighted by molar-refractivity contribution is 9.10. The molecule has 0 aliphatic heterocycles. The Balaban J connectivity index is 2.95.